The molecule has 0 aromatic carbocycles. The number of nitrogens with two attached hydrogens (primary N) is 1. The van der Waals surface area contributed by atoms with E-state index in [1.165, 1.54) is 4.88 Å². The van der Waals surface area contributed by atoms with Crippen molar-refractivity contribution in [3.63, 3.8) is 0 Å². The van der Waals surface area contributed by atoms with Gasteiger partial charge in [0, 0.05) is 34.8 Å². The van der Waals surface area contributed by atoms with E-state index in [0.29, 0.717) is 0 Å². The van der Waals surface area contributed by atoms with Gasteiger partial charge in [-0.2, -0.15) is 0 Å². The standard InChI is InChI=1S/C12H15N3S/c1-8(13)11-7-14-12(15-9(11)2)6-10-4-3-5-16-10/h3-5,7-8H,6,13H2,1-2H3/t8-/m0/s1. The third kappa shape index (κ3) is 2.46. The molecule has 84 valence electrons. The largest absolute Gasteiger partial charge is 0.324 e. The van der Waals surface area contributed by atoms with Crippen LogP contribution in [0.4, 0.5) is 0 Å². The van der Waals surface area contributed by atoms with E-state index in [1.54, 1.807) is 11.3 Å². The van der Waals surface area contributed by atoms with Crippen LogP contribution in [-0.4, -0.2) is 9.97 Å². The Bertz CT molecular complexity index is 463. The molecule has 2 rings (SSSR count). The lowest BCUT2D eigenvalue weighted by atomic mass is 10.1. The molecule has 0 saturated carbocycles. The van der Waals surface area contributed by atoms with E-state index in [0.717, 1.165) is 23.5 Å². The molecule has 2 aromatic rings. The number of nitrogens with zero attached hydrogens (tertiary/aromatic N) is 2. The second kappa shape index (κ2) is 4.72. The van der Waals surface area contributed by atoms with Crippen molar-refractivity contribution in [1.82, 2.24) is 9.97 Å². The van der Waals surface area contributed by atoms with E-state index >= 15 is 0 Å². The number of thiophene rings is 1. The summed E-state index contributed by atoms with van der Waals surface area (Å²) in [5.41, 5.74) is 7.83. The molecule has 0 aliphatic carbocycles. The summed E-state index contributed by atoms with van der Waals surface area (Å²) in [6, 6.07) is 4.14. The molecule has 0 unspecified atom stereocenters. The zero-order chi connectivity index (χ0) is 11.5. The Balaban J connectivity index is 2.21. The maximum atomic E-state index is 5.82. The molecule has 2 N–H and O–H groups in total. The fraction of sp³-hybridized carbons (Fsp3) is 0.333. The minimum atomic E-state index is -0.00390. The van der Waals surface area contributed by atoms with Gasteiger partial charge in [0.15, 0.2) is 0 Å². The van der Waals surface area contributed by atoms with E-state index in [2.05, 4.69) is 21.4 Å². The number of rotatable bonds is 3. The molecule has 1 atom stereocenters. The van der Waals surface area contributed by atoms with E-state index in [1.807, 2.05) is 26.1 Å². The summed E-state index contributed by atoms with van der Waals surface area (Å²) in [4.78, 5) is 10.1. The predicted octanol–water partition coefficient (Wildman–Crippen LogP) is 2.46. The van der Waals surface area contributed by atoms with Crippen molar-refractivity contribution in [2.45, 2.75) is 26.3 Å². The molecule has 16 heavy (non-hydrogen) atoms. The third-order valence-corrected chi connectivity index (χ3v) is 3.35. The lowest BCUT2D eigenvalue weighted by Crippen LogP contribution is -2.10. The summed E-state index contributed by atoms with van der Waals surface area (Å²) in [5, 5.41) is 2.07. The number of aromatic nitrogens is 2. The van der Waals surface area contributed by atoms with Crippen molar-refractivity contribution in [3.8, 4) is 0 Å². The van der Waals surface area contributed by atoms with Gasteiger partial charge >= 0.3 is 0 Å². The Labute approximate surface area is 99.4 Å². The average molecular weight is 233 g/mol. The molecular weight excluding hydrogens is 218 g/mol. The van der Waals surface area contributed by atoms with Gasteiger partial charge in [-0.3, -0.25) is 0 Å². The first-order valence-electron chi connectivity index (χ1n) is 5.27. The first kappa shape index (κ1) is 11.2. The summed E-state index contributed by atoms with van der Waals surface area (Å²) in [6.07, 6.45) is 2.65. The van der Waals surface area contributed by atoms with Crippen LogP contribution >= 0.6 is 11.3 Å². The highest BCUT2D eigenvalue weighted by Gasteiger charge is 2.07. The van der Waals surface area contributed by atoms with Gasteiger partial charge in [0.05, 0.1) is 0 Å². The van der Waals surface area contributed by atoms with Gasteiger partial charge in [-0.05, 0) is 25.3 Å². The van der Waals surface area contributed by atoms with E-state index in [-0.39, 0.29) is 6.04 Å². The zero-order valence-electron chi connectivity index (χ0n) is 9.47. The Kier molecular flexibility index (Phi) is 3.31. The third-order valence-electron chi connectivity index (χ3n) is 2.47. The van der Waals surface area contributed by atoms with Crippen molar-refractivity contribution in [2.24, 2.45) is 5.73 Å². The van der Waals surface area contributed by atoms with Crippen molar-refractivity contribution < 1.29 is 0 Å². The zero-order valence-corrected chi connectivity index (χ0v) is 10.3. The molecule has 0 spiro atoms. The van der Waals surface area contributed by atoms with Crippen molar-refractivity contribution >= 4 is 11.3 Å². The van der Waals surface area contributed by atoms with Gasteiger partial charge in [0.1, 0.15) is 5.82 Å². The molecule has 0 bridgehead atoms. The van der Waals surface area contributed by atoms with Crippen LogP contribution in [0.25, 0.3) is 0 Å². The molecule has 0 fully saturated rings. The first-order chi connectivity index (χ1) is 7.66. The van der Waals surface area contributed by atoms with E-state index in [4.69, 9.17) is 5.73 Å². The summed E-state index contributed by atoms with van der Waals surface area (Å²) >= 11 is 1.73. The Morgan fingerprint density at radius 2 is 2.31 bits per heavy atom. The second-order valence-electron chi connectivity index (χ2n) is 3.87. The maximum Gasteiger partial charge on any atom is 0.133 e. The average Bonchev–Trinajstić information content (AvgIpc) is 2.70. The lowest BCUT2D eigenvalue weighted by Gasteiger charge is -2.09. The van der Waals surface area contributed by atoms with E-state index < -0.39 is 0 Å². The summed E-state index contributed by atoms with van der Waals surface area (Å²) in [7, 11) is 0. The SMILES string of the molecule is Cc1nc(Cc2cccs2)ncc1[C@H](C)N. The number of hydrogen-bond donors (Lipinski definition) is 1. The van der Waals surface area contributed by atoms with Gasteiger partial charge in [-0.1, -0.05) is 6.07 Å². The van der Waals surface area contributed by atoms with Crippen LogP contribution in [0.2, 0.25) is 0 Å². The van der Waals surface area contributed by atoms with Crippen molar-refractivity contribution in [2.75, 3.05) is 0 Å². The van der Waals surface area contributed by atoms with Gasteiger partial charge < -0.3 is 5.73 Å². The minimum Gasteiger partial charge on any atom is -0.324 e. The molecule has 3 nitrogen and oxygen atoms in total. The molecule has 0 aliphatic heterocycles. The molecule has 2 aromatic heterocycles. The normalized spacial score (nSPS) is 12.7. The summed E-state index contributed by atoms with van der Waals surface area (Å²) in [5.74, 6) is 0.865. The smallest absolute Gasteiger partial charge is 0.133 e. The predicted molar refractivity (Wildman–Crippen MR) is 66.5 cm³/mol. The Hall–Kier alpha value is -1.26. The minimum absolute atomic E-state index is 0.00390. The Morgan fingerprint density at radius 3 is 2.88 bits per heavy atom. The molecule has 0 amide bonds. The van der Waals surface area contributed by atoms with Crippen LogP contribution in [0.3, 0.4) is 0 Å². The van der Waals surface area contributed by atoms with Crippen LogP contribution < -0.4 is 5.73 Å². The highest BCUT2D eigenvalue weighted by molar-refractivity contribution is 7.09. The monoisotopic (exact) mass is 233 g/mol. The maximum absolute atomic E-state index is 5.82. The van der Waals surface area contributed by atoms with E-state index in [9.17, 15) is 0 Å². The quantitative estimate of drug-likeness (QED) is 0.886. The van der Waals surface area contributed by atoms with Crippen LogP contribution in [0.1, 0.15) is 34.9 Å². The number of aryl methyl sites for hydroxylation is 1. The fourth-order valence-corrected chi connectivity index (χ4v) is 2.33. The molecular formula is C12H15N3S. The first-order valence-corrected chi connectivity index (χ1v) is 6.15. The van der Waals surface area contributed by atoms with Gasteiger partial charge in [-0.15, -0.1) is 11.3 Å². The number of hydrogen-bond acceptors (Lipinski definition) is 4. The molecule has 0 radical (unpaired) electrons. The lowest BCUT2D eigenvalue weighted by molar-refractivity contribution is 0.777. The topological polar surface area (TPSA) is 51.8 Å². The molecule has 2 heterocycles. The summed E-state index contributed by atoms with van der Waals surface area (Å²) in [6.45, 7) is 3.93. The van der Waals surface area contributed by atoms with Crippen LogP contribution in [0.5, 0.6) is 0 Å². The molecule has 0 saturated heterocycles. The van der Waals surface area contributed by atoms with Gasteiger partial charge in [0.25, 0.3) is 0 Å². The van der Waals surface area contributed by atoms with Crippen molar-refractivity contribution in [3.05, 3.63) is 45.7 Å². The van der Waals surface area contributed by atoms with Crippen LogP contribution in [0, 0.1) is 6.92 Å². The summed E-state index contributed by atoms with van der Waals surface area (Å²) < 4.78 is 0. The highest BCUT2D eigenvalue weighted by atomic mass is 32.1. The Morgan fingerprint density at radius 1 is 1.50 bits per heavy atom. The molecule has 0 aliphatic rings. The van der Waals surface area contributed by atoms with Crippen molar-refractivity contribution in [1.29, 1.82) is 0 Å². The van der Waals surface area contributed by atoms with Gasteiger partial charge in [-0.25, -0.2) is 9.97 Å². The molecule has 4 heteroatoms. The van der Waals surface area contributed by atoms with Crippen LogP contribution in [0.15, 0.2) is 23.7 Å². The van der Waals surface area contributed by atoms with Gasteiger partial charge in [0.2, 0.25) is 0 Å². The fourth-order valence-electron chi connectivity index (χ4n) is 1.63. The highest BCUT2D eigenvalue weighted by Crippen LogP contribution is 2.15. The van der Waals surface area contributed by atoms with Crippen LogP contribution in [-0.2, 0) is 6.42 Å². The second-order valence-corrected chi connectivity index (χ2v) is 4.90.